The lowest BCUT2D eigenvalue weighted by molar-refractivity contribution is -0.119. The first-order valence-electron chi connectivity index (χ1n) is 6.14. The average molecular weight is 277 g/mol. The zero-order valence-electron chi connectivity index (χ0n) is 10.6. The van der Waals surface area contributed by atoms with Crippen molar-refractivity contribution in [3.8, 4) is 0 Å². The number of anilines is 1. The van der Waals surface area contributed by atoms with E-state index in [-0.39, 0.29) is 11.9 Å². The van der Waals surface area contributed by atoms with E-state index in [1.807, 2.05) is 11.8 Å². The van der Waals surface area contributed by atoms with Crippen molar-refractivity contribution in [1.29, 1.82) is 0 Å². The van der Waals surface area contributed by atoms with Crippen LogP contribution in [0.1, 0.15) is 4.88 Å². The van der Waals surface area contributed by atoms with Crippen LogP contribution in [0, 0.1) is 6.92 Å². The van der Waals surface area contributed by atoms with Gasteiger partial charge in [0.15, 0.2) is 0 Å². The summed E-state index contributed by atoms with van der Waals surface area (Å²) in [5.74, 6) is 0.477. The predicted octanol–water partition coefficient (Wildman–Crippen LogP) is 0.263. The highest BCUT2D eigenvalue weighted by molar-refractivity contribution is 7.18. The molecule has 0 spiro atoms. The Bertz CT molecular complexity index is 626. The Labute approximate surface area is 114 Å². The topological polar surface area (TPSA) is 84.1 Å². The van der Waals surface area contributed by atoms with Gasteiger partial charge in [0.05, 0.1) is 5.39 Å². The van der Waals surface area contributed by atoms with Crippen LogP contribution in [0.15, 0.2) is 12.4 Å². The number of aryl methyl sites for hydroxylation is 1. The molecule has 0 aliphatic carbocycles. The van der Waals surface area contributed by atoms with Crippen LogP contribution >= 0.6 is 11.3 Å². The van der Waals surface area contributed by atoms with E-state index in [2.05, 4.69) is 21.4 Å². The third-order valence-electron chi connectivity index (χ3n) is 3.28. The molecule has 1 aliphatic heterocycles. The van der Waals surface area contributed by atoms with Crippen molar-refractivity contribution in [2.45, 2.75) is 13.0 Å². The number of rotatable bonds is 2. The van der Waals surface area contributed by atoms with E-state index in [1.54, 1.807) is 17.7 Å². The first-order valence-corrected chi connectivity index (χ1v) is 6.96. The van der Waals surface area contributed by atoms with Gasteiger partial charge in [0, 0.05) is 24.5 Å². The van der Waals surface area contributed by atoms with Gasteiger partial charge in [0.1, 0.15) is 23.0 Å². The molecular formula is C12H15N5OS. The van der Waals surface area contributed by atoms with Crippen LogP contribution in [0.2, 0.25) is 0 Å². The van der Waals surface area contributed by atoms with Crippen LogP contribution in [0.5, 0.6) is 0 Å². The number of nitrogens with one attached hydrogen (secondary N) is 1. The van der Waals surface area contributed by atoms with Gasteiger partial charge in [-0.15, -0.1) is 11.3 Å². The van der Waals surface area contributed by atoms with Gasteiger partial charge < -0.3 is 16.0 Å². The minimum absolute atomic E-state index is 0.328. The minimum atomic E-state index is -0.355. The smallest absolute Gasteiger partial charge is 0.241 e. The molecule has 0 saturated carbocycles. The van der Waals surface area contributed by atoms with Crippen LogP contribution in [-0.4, -0.2) is 41.6 Å². The molecular weight excluding hydrogens is 262 g/mol. The third-order valence-corrected chi connectivity index (χ3v) is 4.23. The van der Waals surface area contributed by atoms with Gasteiger partial charge in [0.25, 0.3) is 0 Å². The molecule has 2 aromatic heterocycles. The summed E-state index contributed by atoms with van der Waals surface area (Å²) in [6.45, 7) is 4.14. The number of primary amides is 1. The number of hydrogen-bond acceptors (Lipinski definition) is 6. The summed E-state index contributed by atoms with van der Waals surface area (Å²) in [5.41, 5.74) is 5.48. The lowest BCUT2D eigenvalue weighted by Gasteiger charge is -2.35. The Hall–Kier alpha value is -1.73. The van der Waals surface area contributed by atoms with E-state index in [0.717, 1.165) is 22.6 Å². The van der Waals surface area contributed by atoms with E-state index in [9.17, 15) is 4.79 Å². The van der Waals surface area contributed by atoms with Crippen molar-refractivity contribution in [1.82, 2.24) is 15.3 Å². The first-order chi connectivity index (χ1) is 9.16. The molecule has 0 radical (unpaired) electrons. The van der Waals surface area contributed by atoms with Crippen LogP contribution in [0.4, 0.5) is 5.82 Å². The van der Waals surface area contributed by atoms with Gasteiger partial charge in [0.2, 0.25) is 5.91 Å². The molecule has 1 amide bonds. The second-order valence-electron chi connectivity index (χ2n) is 4.59. The number of nitrogens with zero attached hydrogens (tertiary/aromatic N) is 3. The molecule has 0 aromatic carbocycles. The van der Waals surface area contributed by atoms with E-state index < -0.39 is 0 Å². The second kappa shape index (κ2) is 4.75. The van der Waals surface area contributed by atoms with E-state index in [0.29, 0.717) is 13.1 Å². The molecule has 1 atom stereocenters. The maximum atomic E-state index is 11.6. The molecule has 3 N–H and O–H groups in total. The van der Waals surface area contributed by atoms with Crippen molar-refractivity contribution in [2.75, 3.05) is 24.5 Å². The van der Waals surface area contributed by atoms with Gasteiger partial charge in [-0.05, 0) is 13.0 Å². The van der Waals surface area contributed by atoms with Crippen LogP contribution < -0.4 is 16.0 Å². The Balaban J connectivity index is 2.09. The summed E-state index contributed by atoms with van der Waals surface area (Å²) in [6, 6.07) is 1.71. The predicted molar refractivity (Wildman–Crippen MR) is 75.4 cm³/mol. The number of nitrogens with two attached hydrogens (primary N) is 1. The number of aromatic nitrogens is 2. The monoisotopic (exact) mass is 277 g/mol. The summed E-state index contributed by atoms with van der Waals surface area (Å²) in [4.78, 5) is 24.3. The molecule has 3 heterocycles. The van der Waals surface area contributed by atoms with Crippen molar-refractivity contribution in [3.63, 3.8) is 0 Å². The summed E-state index contributed by atoms with van der Waals surface area (Å²) in [6.07, 6.45) is 1.55. The maximum absolute atomic E-state index is 11.6. The number of fused-ring (bicyclic) bond motifs is 1. The molecule has 0 bridgehead atoms. The molecule has 1 unspecified atom stereocenters. The Kier molecular flexibility index (Phi) is 3.08. The van der Waals surface area contributed by atoms with Crippen LogP contribution in [0.3, 0.4) is 0 Å². The fourth-order valence-corrected chi connectivity index (χ4v) is 3.25. The second-order valence-corrected chi connectivity index (χ2v) is 5.82. The maximum Gasteiger partial charge on any atom is 0.241 e. The minimum Gasteiger partial charge on any atom is -0.368 e. The van der Waals surface area contributed by atoms with Crippen molar-refractivity contribution < 1.29 is 4.79 Å². The van der Waals surface area contributed by atoms with Gasteiger partial charge in [-0.3, -0.25) is 4.79 Å². The molecule has 100 valence electrons. The van der Waals surface area contributed by atoms with Crippen molar-refractivity contribution >= 4 is 33.3 Å². The van der Waals surface area contributed by atoms with Gasteiger partial charge in [-0.1, -0.05) is 0 Å². The zero-order valence-corrected chi connectivity index (χ0v) is 11.4. The molecule has 1 saturated heterocycles. The fraction of sp³-hybridized carbons (Fsp3) is 0.417. The summed E-state index contributed by atoms with van der Waals surface area (Å²) in [7, 11) is 0. The fourth-order valence-electron chi connectivity index (χ4n) is 2.40. The molecule has 19 heavy (non-hydrogen) atoms. The lowest BCUT2D eigenvalue weighted by atomic mass is 10.1. The average Bonchev–Trinajstić information content (AvgIpc) is 2.78. The van der Waals surface area contributed by atoms with Crippen molar-refractivity contribution in [2.24, 2.45) is 5.73 Å². The number of carbonyl (C=O) groups is 1. The number of carbonyl (C=O) groups excluding carboxylic acids is 1. The molecule has 1 aliphatic rings. The Morgan fingerprint density at radius 1 is 1.58 bits per heavy atom. The molecule has 2 aromatic rings. The normalized spacial score (nSPS) is 19.8. The SMILES string of the molecule is Cc1cc2c(N3CCNCC3C(N)=O)ncnc2s1. The van der Waals surface area contributed by atoms with Gasteiger partial charge in [-0.25, -0.2) is 9.97 Å². The Morgan fingerprint density at radius 3 is 3.21 bits per heavy atom. The quantitative estimate of drug-likeness (QED) is 0.823. The molecule has 1 fully saturated rings. The lowest BCUT2D eigenvalue weighted by Crippen LogP contribution is -2.57. The van der Waals surface area contributed by atoms with Crippen LogP contribution in [-0.2, 0) is 4.79 Å². The van der Waals surface area contributed by atoms with Crippen LogP contribution in [0.25, 0.3) is 10.2 Å². The highest BCUT2D eigenvalue weighted by Gasteiger charge is 2.29. The van der Waals surface area contributed by atoms with E-state index >= 15 is 0 Å². The van der Waals surface area contributed by atoms with E-state index in [4.69, 9.17) is 5.73 Å². The highest BCUT2D eigenvalue weighted by atomic mass is 32.1. The molecule has 3 rings (SSSR count). The highest BCUT2D eigenvalue weighted by Crippen LogP contribution is 2.30. The third kappa shape index (κ3) is 2.15. The van der Waals surface area contributed by atoms with Crippen molar-refractivity contribution in [3.05, 3.63) is 17.3 Å². The number of piperazine rings is 1. The summed E-state index contributed by atoms with van der Waals surface area (Å²) < 4.78 is 0. The Morgan fingerprint density at radius 2 is 2.42 bits per heavy atom. The first kappa shape index (κ1) is 12.3. The zero-order chi connectivity index (χ0) is 13.4. The van der Waals surface area contributed by atoms with Gasteiger partial charge >= 0.3 is 0 Å². The van der Waals surface area contributed by atoms with Gasteiger partial charge in [-0.2, -0.15) is 0 Å². The molecule has 7 heteroatoms. The molecule has 6 nitrogen and oxygen atoms in total. The summed E-state index contributed by atoms with van der Waals surface area (Å²) >= 11 is 1.63. The largest absolute Gasteiger partial charge is 0.368 e. The van der Waals surface area contributed by atoms with E-state index in [1.165, 1.54) is 4.88 Å². The standard InChI is InChI=1S/C12H15N5OS/c1-7-4-8-11(15-6-16-12(8)19-7)17-3-2-14-5-9(17)10(13)18/h4,6,9,14H,2-3,5H2,1H3,(H2,13,18). The number of amides is 1. The summed E-state index contributed by atoms with van der Waals surface area (Å²) in [5, 5.41) is 4.18. The number of thiophene rings is 1. The number of hydrogen-bond donors (Lipinski definition) is 2.